The lowest BCUT2D eigenvalue weighted by Gasteiger charge is -2.39. The molecule has 2 nitrogen and oxygen atoms in total. The first-order valence-corrected chi connectivity index (χ1v) is 5.44. The van der Waals surface area contributed by atoms with Gasteiger partial charge in [0, 0.05) is 0 Å². The molecule has 0 N–H and O–H groups in total. The van der Waals surface area contributed by atoms with Crippen LogP contribution in [0.15, 0.2) is 0 Å². The second-order valence-electron chi connectivity index (χ2n) is 6.73. The van der Waals surface area contributed by atoms with Crippen molar-refractivity contribution in [3.8, 4) is 0 Å². The van der Waals surface area contributed by atoms with E-state index in [2.05, 4.69) is 41.5 Å². The summed E-state index contributed by atoms with van der Waals surface area (Å²) in [6.45, 7) is 15.2. The van der Waals surface area contributed by atoms with Crippen molar-refractivity contribution >= 4 is 0 Å². The first-order chi connectivity index (χ1) is 6.16. The van der Waals surface area contributed by atoms with E-state index in [0.717, 1.165) is 13.2 Å². The van der Waals surface area contributed by atoms with Crippen molar-refractivity contribution in [2.75, 3.05) is 13.2 Å². The summed E-state index contributed by atoms with van der Waals surface area (Å²) in [5.74, 6) is 0. The summed E-state index contributed by atoms with van der Waals surface area (Å²) in [5.41, 5.74) is 0.240. The number of hydrogen-bond donors (Lipinski definition) is 0. The Morgan fingerprint density at radius 3 is 1.00 bits per heavy atom. The number of ether oxygens (including phenoxy) is 2. The maximum Gasteiger partial charge on any atom is 0.128 e. The highest BCUT2D eigenvalue weighted by atomic mass is 16.7. The predicted molar refractivity (Wildman–Crippen MR) is 56.3 cm³/mol. The van der Waals surface area contributed by atoms with Crippen LogP contribution in [-0.2, 0) is 9.47 Å². The third-order valence-corrected chi connectivity index (χ3v) is 3.94. The SMILES string of the molecule is CC(C)(C)[C@@]1([C@]2(C(C)(C)C)CO2)CO1. The maximum atomic E-state index is 5.79. The molecule has 2 saturated heterocycles. The van der Waals surface area contributed by atoms with Crippen LogP contribution >= 0.6 is 0 Å². The first-order valence-electron chi connectivity index (χ1n) is 5.44. The average molecular weight is 198 g/mol. The Morgan fingerprint density at radius 1 is 0.714 bits per heavy atom. The number of epoxide rings is 2. The minimum absolute atomic E-state index is 0.0434. The molecule has 2 aliphatic rings. The maximum absolute atomic E-state index is 5.79. The van der Waals surface area contributed by atoms with Gasteiger partial charge in [0.1, 0.15) is 11.2 Å². The van der Waals surface area contributed by atoms with Gasteiger partial charge in [0.05, 0.1) is 13.2 Å². The van der Waals surface area contributed by atoms with E-state index < -0.39 is 0 Å². The highest BCUT2D eigenvalue weighted by molar-refractivity contribution is 5.25. The van der Waals surface area contributed by atoms with Gasteiger partial charge in [-0.3, -0.25) is 0 Å². The van der Waals surface area contributed by atoms with Crippen molar-refractivity contribution in [1.82, 2.24) is 0 Å². The molecule has 2 heterocycles. The zero-order valence-corrected chi connectivity index (χ0v) is 10.2. The van der Waals surface area contributed by atoms with E-state index in [-0.39, 0.29) is 22.0 Å². The second kappa shape index (κ2) is 2.35. The molecule has 0 aromatic rings. The van der Waals surface area contributed by atoms with Gasteiger partial charge in [0.2, 0.25) is 0 Å². The molecule has 0 bridgehead atoms. The lowest BCUT2D eigenvalue weighted by Crippen LogP contribution is -2.52. The molecule has 2 heteroatoms. The van der Waals surface area contributed by atoms with Crippen LogP contribution in [0, 0.1) is 10.8 Å². The lowest BCUT2D eigenvalue weighted by molar-refractivity contribution is -0.000321. The fraction of sp³-hybridized carbons (Fsp3) is 1.00. The summed E-state index contributed by atoms with van der Waals surface area (Å²) in [7, 11) is 0. The Balaban J connectivity index is 2.33. The van der Waals surface area contributed by atoms with Crippen LogP contribution in [0.4, 0.5) is 0 Å². The summed E-state index contributed by atoms with van der Waals surface area (Å²) in [4.78, 5) is 0. The van der Waals surface area contributed by atoms with Gasteiger partial charge in [-0.15, -0.1) is 0 Å². The van der Waals surface area contributed by atoms with Crippen molar-refractivity contribution in [1.29, 1.82) is 0 Å². The fourth-order valence-electron chi connectivity index (χ4n) is 2.69. The third kappa shape index (κ3) is 1.04. The quantitative estimate of drug-likeness (QED) is 0.605. The van der Waals surface area contributed by atoms with E-state index in [0.29, 0.717) is 0 Å². The molecule has 2 aliphatic heterocycles. The average Bonchev–Trinajstić information content (AvgIpc) is 2.77. The Labute approximate surface area is 87.0 Å². The standard InChI is InChI=1S/C12H22O2/c1-9(2,3)11(7-13-11)12(8-14-12)10(4,5)6/h7-8H2,1-6H3/t11-,12-/m1/s1. The molecule has 0 amide bonds. The van der Waals surface area contributed by atoms with E-state index in [4.69, 9.17) is 9.47 Å². The van der Waals surface area contributed by atoms with E-state index >= 15 is 0 Å². The second-order valence-corrected chi connectivity index (χ2v) is 6.73. The van der Waals surface area contributed by atoms with Crippen LogP contribution in [0.5, 0.6) is 0 Å². The Morgan fingerprint density at radius 2 is 0.929 bits per heavy atom. The summed E-state index contributed by atoms with van der Waals surface area (Å²) in [6.07, 6.45) is 0. The topological polar surface area (TPSA) is 25.1 Å². The van der Waals surface area contributed by atoms with E-state index in [9.17, 15) is 0 Å². The Kier molecular flexibility index (Phi) is 1.76. The Hall–Kier alpha value is -0.0800. The monoisotopic (exact) mass is 198 g/mol. The molecule has 82 valence electrons. The molecule has 0 radical (unpaired) electrons. The van der Waals surface area contributed by atoms with E-state index in [1.807, 2.05) is 0 Å². The van der Waals surface area contributed by atoms with Crippen molar-refractivity contribution < 1.29 is 9.47 Å². The van der Waals surface area contributed by atoms with Gasteiger partial charge in [-0.2, -0.15) is 0 Å². The van der Waals surface area contributed by atoms with Crippen LogP contribution in [0.2, 0.25) is 0 Å². The van der Waals surface area contributed by atoms with Crippen molar-refractivity contribution in [2.45, 2.75) is 52.7 Å². The zero-order valence-electron chi connectivity index (χ0n) is 10.2. The van der Waals surface area contributed by atoms with Crippen LogP contribution in [-0.4, -0.2) is 24.4 Å². The van der Waals surface area contributed by atoms with Gasteiger partial charge in [0.15, 0.2) is 0 Å². The minimum Gasteiger partial charge on any atom is -0.366 e. The van der Waals surface area contributed by atoms with E-state index in [1.165, 1.54) is 0 Å². The van der Waals surface area contributed by atoms with Crippen LogP contribution in [0.3, 0.4) is 0 Å². The normalized spacial score (nSPS) is 42.4. The summed E-state index contributed by atoms with van der Waals surface area (Å²) in [6, 6.07) is 0. The molecule has 2 atom stereocenters. The molecule has 0 spiro atoms. The number of rotatable bonds is 1. The molecule has 0 aliphatic carbocycles. The fourth-order valence-corrected chi connectivity index (χ4v) is 2.69. The van der Waals surface area contributed by atoms with Gasteiger partial charge in [-0.1, -0.05) is 41.5 Å². The molecule has 2 rings (SSSR count). The first kappa shape index (κ1) is 10.4. The van der Waals surface area contributed by atoms with Gasteiger partial charge in [-0.05, 0) is 10.8 Å². The van der Waals surface area contributed by atoms with Crippen molar-refractivity contribution in [2.24, 2.45) is 10.8 Å². The molecule has 0 unspecified atom stereocenters. The largest absolute Gasteiger partial charge is 0.366 e. The van der Waals surface area contributed by atoms with Crippen molar-refractivity contribution in [3.05, 3.63) is 0 Å². The summed E-state index contributed by atoms with van der Waals surface area (Å²) < 4.78 is 11.6. The van der Waals surface area contributed by atoms with E-state index in [1.54, 1.807) is 0 Å². The van der Waals surface area contributed by atoms with Crippen molar-refractivity contribution in [3.63, 3.8) is 0 Å². The van der Waals surface area contributed by atoms with Crippen LogP contribution < -0.4 is 0 Å². The predicted octanol–water partition coefficient (Wildman–Crippen LogP) is 2.62. The smallest absolute Gasteiger partial charge is 0.128 e. The zero-order chi connectivity index (χ0) is 10.8. The van der Waals surface area contributed by atoms with Gasteiger partial charge >= 0.3 is 0 Å². The van der Waals surface area contributed by atoms with Gasteiger partial charge in [0.25, 0.3) is 0 Å². The lowest BCUT2D eigenvalue weighted by atomic mass is 9.64. The van der Waals surface area contributed by atoms with Gasteiger partial charge < -0.3 is 9.47 Å². The van der Waals surface area contributed by atoms with Gasteiger partial charge in [-0.25, -0.2) is 0 Å². The summed E-state index contributed by atoms with van der Waals surface area (Å²) >= 11 is 0. The third-order valence-electron chi connectivity index (χ3n) is 3.94. The molecular weight excluding hydrogens is 176 g/mol. The molecule has 2 fully saturated rings. The van der Waals surface area contributed by atoms with Crippen LogP contribution in [0.25, 0.3) is 0 Å². The molecule has 0 aromatic carbocycles. The van der Waals surface area contributed by atoms with Crippen LogP contribution in [0.1, 0.15) is 41.5 Å². The summed E-state index contributed by atoms with van der Waals surface area (Å²) in [5, 5.41) is 0. The number of hydrogen-bond acceptors (Lipinski definition) is 2. The Bertz CT molecular complexity index is 218. The molecule has 14 heavy (non-hydrogen) atoms. The highest BCUT2D eigenvalue weighted by Crippen LogP contribution is 2.64. The minimum atomic E-state index is -0.0434. The molecule has 0 aromatic heterocycles. The highest BCUT2D eigenvalue weighted by Gasteiger charge is 2.77. The molecular formula is C12H22O2. The molecule has 0 saturated carbocycles.